The van der Waals surface area contributed by atoms with Gasteiger partial charge in [0.25, 0.3) is 0 Å². The van der Waals surface area contributed by atoms with Crippen LogP contribution in [0.25, 0.3) is 0 Å². The number of sulfonamides is 1. The highest BCUT2D eigenvalue weighted by molar-refractivity contribution is 7.93. The molecule has 1 aliphatic rings. The van der Waals surface area contributed by atoms with Gasteiger partial charge in [0.2, 0.25) is 10.0 Å². The molecule has 1 N–H and O–H groups in total. The maximum Gasteiger partial charge on any atom is 0.322 e. The average molecular weight is 299 g/mol. The van der Waals surface area contributed by atoms with Crippen LogP contribution in [0.3, 0.4) is 0 Å². The quantitative estimate of drug-likeness (QED) is 0.719. The molecular weight excluding hydrogens is 282 g/mol. The fourth-order valence-corrected chi connectivity index (χ4v) is 5.14. The van der Waals surface area contributed by atoms with Gasteiger partial charge in [0, 0.05) is 12.8 Å². The molecule has 0 aromatic carbocycles. The molecule has 0 aromatic heterocycles. The van der Waals surface area contributed by atoms with Crippen molar-refractivity contribution in [1.29, 1.82) is 0 Å². The summed E-state index contributed by atoms with van der Waals surface area (Å²) in [5.74, 6) is -2.23. The highest BCUT2D eigenvalue weighted by Crippen LogP contribution is 2.21. The molecule has 0 radical (unpaired) electrons. The standard InChI is InChI=1S/C9H17NO6S2/c1-17(13,14)6-7-18(15,16)10-5-3-2-4-8(10)9(11)12/h8H,2-7H2,1H3,(H,11,12)/t8-/m0/s1. The second-order valence-corrected chi connectivity index (χ2v) is 8.71. The minimum Gasteiger partial charge on any atom is -0.480 e. The molecule has 0 unspecified atom stereocenters. The number of nitrogens with zero attached hydrogens (tertiary/aromatic N) is 1. The normalized spacial score (nSPS) is 22.8. The Balaban J connectivity index is 2.85. The molecule has 0 bridgehead atoms. The van der Waals surface area contributed by atoms with E-state index in [0.717, 1.165) is 10.6 Å². The SMILES string of the molecule is CS(=O)(=O)CCS(=O)(=O)N1CCCC[C@H]1C(=O)O. The highest BCUT2D eigenvalue weighted by atomic mass is 32.2. The van der Waals surface area contributed by atoms with Crippen molar-refractivity contribution in [2.24, 2.45) is 0 Å². The van der Waals surface area contributed by atoms with Crippen LogP contribution in [-0.4, -0.2) is 62.6 Å². The third-order valence-corrected chi connectivity index (χ3v) is 5.88. The number of hydrogen-bond donors (Lipinski definition) is 1. The first-order chi connectivity index (χ1) is 8.13. The van der Waals surface area contributed by atoms with Crippen molar-refractivity contribution in [2.45, 2.75) is 25.3 Å². The average Bonchev–Trinajstić information content (AvgIpc) is 2.26. The van der Waals surface area contributed by atoms with Crippen LogP contribution in [0.5, 0.6) is 0 Å². The van der Waals surface area contributed by atoms with Gasteiger partial charge in [0.05, 0.1) is 11.5 Å². The largest absolute Gasteiger partial charge is 0.480 e. The van der Waals surface area contributed by atoms with Crippen molar-refractivity contribution in [1.82, 2.24) is 4.31 Å². The summed E-state index contributed by atoms with van der Waals surface area (Å²) in [6, 6.07) is -1.07. The van der Waals surface area contributed by atoms with E-state index < -0.39 is 43.4 Å². The van der Waals surface area contributed by atoms with Crippen LogP contribution in [0.1, 0.15) is 19.3 Å². The Kier molecular flexibility index (Phi) is 4.73. The molecule has 18 heavy (non-hydrogen) atoms. The zero-order chi connectivity index (χ0) is 14.0. The summed E-state index contributed by atoms with van der Waals surface area (Å²) < 4.78 is 46.8. The van der Waals surface area contributed by atoms with E-state index in [1.54, 1.807) is 0 Å². The van der Waals surface area contributed by atoms with E-state index in [9.17, 15) is 21.6 Å². The number of hydrogen-bond acceptors (Lipinski definition) is 5. The summed E-state index contributed by atoms with van der Waals surface area (Å²) in [5.41, 5.74) is 0. The maximum atomic E-state index is 11.9. The summed E-state index contributed by atoms with van der Waals surface area (Å²) in [5, 5.41) is 8.98. The van der Waals surface area contributed by atoms with Gasteiger partial charge in [-0.05, 0) is 19.3 Å². The van der Waals surface area contributed by atoms with Crippen LogP contribution in [0.15, 0.2) is 0 Å². The predicted octanol–water partition coefficient (Wildman–Crippen LogP) is -0.700. The number of rotatable bonds is 5. The highest BCUT2D eigenvalue weighted by Gasteiger charge is 2.36. The number of aliphatic carboxylic acids is 1. The van der Waals surface area contributed by atoms with Crippen molar-refractivity contribution < 1.29 is 26.7 Å². The van der Waals surface area contributed by atoms with E-state index in [1.807, 2.05) is 0 Å². The Morgan fingerprint density at radius 3 is 2.33 bits per heavy atom. The lowest BCUT2D eigenvalue weighted by Gasteiger charge is -2.31. The molecule has 1 heterocycles. The number of carboxylic acids is 1. The molecule has 1 fully saturated rings. The minimum atomic E-state index is -3.84. The molecule has 0 amide bonds. The van der Waals surface area contributed by atoms with E-state index in [0.29, 0.717) is 12.8 Å². The second kappa shape index (κ2) is 5.54. The fraction of sp³-hybridized carbons (Fsp3) is 0.889. The van der Waals surface area contributed by atoms with Crippen molar-refractivity contribution in [3.8, 4) is 0 Å². The molecule has 0 saturated carbocycles. The lowest BCUT2D eigenvalue weighted by atomic mass is 10.1. The minimum absolute atomic E-state index is 0.142. The van der Waals surface area contributed by atoms with Gasteiger partial charge >= 0.3 is 5.97 Å². The number of carboxylic acid groups (broad SMARTS) is 1. The molecule has 9 heteroatoms. The molecule has 7 nitrogen and oxygen atoms in total. The predicted molar refractivity (Wildman–Crippen MR) is 65.5 cm³/mol. The summed E-state index contributed by atoms with van der Waals surface area (Å²) in [7, 11) is -7.22. The van der Waals surface area contributed by atoms with Crippen molar-refractivity contribution in [3.63, 3.8) is 0 Å². The Morgan fingerprint density at radius 1 is 1.22 bits per heavy atom. The van der Waals surface area contributed by atoms with Crippen molar-refractivity contribution in [3.05, 3.63) is 0 Å². The van der Waals surface area contributed by atoms with E-state index in [-0.39, 0.29) is 13.0 Å². The summed E-state index contributed by atoms with van der Waals surface area (Å²) >= 11 is 0. The van der Waals surface area contributed by atoms with Crippen LogP contribution in [0.4, 0.5) is 0 Å². The third-order valence-electron chi connectivity index (χ3n) is 2.81. The molecule has 0 spiro atoms. The topological polar surface area (TPSA) is 109 Å². The lowest BCUT2D eigenvalue weighted by Crippen LogP contribution is -2.49. The van der Waals surface area contributed by atoms with Gasteiger partial charge in [-0.15, -0.1) is 0 Å². The first kappa shape index (κ1) is 15.4. The summed E-state index contributed by atoms with van der Waals surface area (Å²) in [6.07, 6.45) is 2.48. The van der Waals surface area contributed by atoms with E-state index in [2.05, 4.69) is 0 Å². The van der Waals surface area contributed by atoms with Crippen LogP contribution in [0.2, 0.25) is 0 Å². The molecule has 1 atom stereocenters. The molecule has 106 valence electrons. The number of piperidine rings is 1. The maximum absolute atomic E-state index is 11.9. The zero-order valence-corrected chi connectivity index (χ0v) is 11.7. The number of carbonyl (C=O) groups is 1. The molecular formula is C9H17NO6S2. The van der Waals surface area contributed by atoms with E-state index >= 15 is 0 Å². The van der Waals surface area contributed by atoms with Gasteiger partial charge < -0.3 is 5.11 Å². The van der Waals surface area contributed by atoms with Crippen LogP contribution in [-0.2, 0) is 24.7 Å². The molecule has 0 aliphatic carbocycles. The molecule has 1 rings (SSSR count). The van der Waals surface area contributed by atoms with Crippen LogP contribution >= 0.6 is 0 Å². The summed E-state index contributed by atoms with van der Waals surface area (Å²) in [4.78, 5) is 11.0. The Bertz CT molecular complexity index is 509. The summed E-state index contributed by atoms with van der Waals surface area (Å²) in [6.45, 7) is 0.142. The van der Waals surface area contributed by atoms with Gasteiger partial charge in [0.1, 0.15) is 15.9 Å². The van der Waals surface area contributed by atoms with Gasteiger partial charge in [-0.25, -0.2) is 16.8 Å². The smallest absolute Gasteiger partial charge is 0.322 e. The van der Waals surface area contributed by atoms with Crippen LogP contribution < -0.4 is 0 Å². The molecule has 1 saturated heterocycles. The van der Waals surface area contributed by atoms with Crippen molar-refractivity contribution in [2.75, 3.05) is 24.3 Å². The molecule has 1 aliphatic heterocycles. The lowest BCUT2D eigenvalue weighted by molar-refractivity contribution is -0.142. The number of sulfone groups is 1. The monoisotopic (exact) mass is 299 g/mol. The van der Waals surface area contributed by atoms with E-state index in [4.69, 9.17) is 5.11 Å². The Morgan fingerprint density at radius 2 is 1.83 bits per heavy atom. The first-order valence-corrected chi connectivity index (χ1v) is 9.20. The van der Waals surface area contributed by atoms with Crippen LogP contribution in [0, 0.1) is 0 Å². The van der Waals surface area contributed by atoms with E-state index in [1.165, 1.54) is 0 Å². The Hall–Kier alpha value is -0.670. The van der Waals surface area contributed by atoms with Gasteiger partial charge in [0.15, 0.2) is 0 Å². The Labute approximate surface area is 107 Å². The zero-order valence-electron chi connectivity index (χ0n) is 10.1. The van der Waals surface area contributed by atoms with Gasteiger partial charge in [-0.1, -0.05) is 0 Å². The van der Waals surface area contributed by atoms with Crippen molar-refractivity contribution >= 4 is 25.8 Å². The molecule has 0 aromatic rings. The fourth-order valence-electron chi connectivity index (χ4n) is 1.86. The second-order valence-electron chi connectivity index (χ2n) is 4.41. The van der Waals surface area contributed by atoms with Gasteiger partial charge in [-0.3, -0.25) is 4.79 Å². The van der Waals surface area contributed by atoms with Gasteiger partial charge in [-0.2, -0.15) is 4.31 Å². The first-order valence-electron chi connectivity index (χ1n) is 5.53. The third kappa shape index (κ3) is 4.21.